The van der Waals surface area contributed by atoms with Crippen LogP contribution in [0.15, 0.2) is 29.2 Å². The van der Waals surface area contributed by atoms with Gasteiger partial charge >= 0.3 is 0 Å². The summed E-state index contributed by atoms with van der Waals surface area (Å²) in [5.41, 5.74) is 1.33. The number of benzene rings is 1. The maximum atomic E-state index is 3.22. The van der Waals surface area contributed by atoms with Crippen molar-refractivity contribution in [3.05, 3.63) is 29.8 Å². The van der Waals surface area contributed by atoms with Gasteiger partial charge in [0, 0.05) is 11.4 Å². The van der Waals surface area contributed by atoms with Gasteiger partial charge in [-0.05, 0) is 30.5 Å². The van der Waals surface area contributed by atoms with Crippen molar-refractivity contribution >= 4 is 11.9 Å². The van der Waals surface area contributed by atoms with Crippen molar-refractivity contribution in [3.63, 3.8) is 0 Å². The van der Waals surface area contributed by atoms with Crippen LogP contribution in [-0.4, -0.2) is 6.54 Å². The summed E-state index contributed by atoms with van der Waals surface area (Å²) in [6, 6.07) is 8.38. The summed E-state index contributed by atoms with van der Waals surface area (Å²) in [6.07, 6.45) is 0. The van der Waals surface area contributed by atoms with E-state index in [2.05, 4.69) is 42.8 Å². The van der Waals surface area contributed by atoms with E-state index in [4.69, 9.17) is 0 Å². The molecule has 0 radical (unpaired) electrons. The highest BCUT2D eigenvalue weighted by Crippen LogP contribution is 2.17. The molecule has 0 aliphatic rings. The standard InChI is InChI=1S/C9H13NS.2C2H6/c1-3-10-11-9-7-5-4-6-8(9)2;2*1-2/h4-7,10H,3H2,1-2H3;2*1-2H3. The number of aryl methyl sites for hydroxylation is 1. The first-order chi connectivity index (χ1) is 7.34. The Morgan fingerprint density at radius 3 is 2.07 bits per heavy atom. The van der Waals surface area contributed by atoms with Crippen molar-refractivity contribution in [2.45, 2.75) is 46.4 Å². The average molecular weight is 227 g/mol. The van der Waals surface area contributed by atoms with E-state index >= 15 is 0 Å². The molecule has 0 unspecified atom stereocenters. The lowest BCUT2D eigenvalue weighted by molar-refractivity contribution is 1.03. The third kappa shape index (κ3) is 8.52. The van der Waals surface area contributed by atoms with E-state index in [1.54, 1.807) is 11.9 Å². The molecule has 0 saturated carbocycles. The van der Waals surface area contributed by atoms with Gasteiger partial charge in [-0.3, -0.25) is 4.72 Å². The van der Waals surface area contributed by atoms with E-state index < -0.39 is 0 Å². The predicted octanol–water partition coefficient (Wildman–Crippen LogP) is 4.66. The number of rotatable bonds is 3. The molecule has 1 rings (SSSR count). The van der Waals surface area contributed by atoms with Crippen LogP contribution in [0.25, 0.3) is 0 Å². The lowest BCUT2D eigenvalue weighted by Gasteiger charge is -2.03. The lowest BCUT2D eigenvalue weighted by Crippen LogP contribution is -2.00. The molecule has 0 spiro atoms. The van der Waals surface area contributed by atoms with E-state index in [9.17, 15) is 0 Å². The molecular weight excluding hydrogens is 202 g/mol. The normalized spacial score (nSPS) is 8.13. The van der Waals surface area contributed by atoms with Gasteiger partial charge in [0.05, 0.1) is 0 Å². The van der Waals surface area contributed by atoms with Gasteiger partial charge < -0.3 is 0 Å². The fourth-order valence-electron chi connectivity index (χ4n) is 0.821. The number of hydrogen-bond donors (Lipinski definition) is 1. The van der Waals surface area contributed by atoms with Crippen LogP contribution in [0.4, 0.5) is 0 Å². The van der Waals surface area contributed by atoms with Crippen LogP contribution in [0.3, 0.4) is 0 Å². The van der Waals surface area contributed by atoms with Crippen molar-refractivity contribution in [2.24, 2.45) is 0 Å². The van der Waals surface area contributed by atoms with Crippen LogP contribution in [0.2, 0.25) is 0 Å². The van der Waals surface area contributed by atoms with E-state index in [1.807, 2.05) is 27.7 Å². The van der Waals surface area contributed by atoms with Crippen LogP contribution >= 0.6 is 11.9 Å². The molecule has 88 valence electrons. The van der Waals surface area contributed by atoms with Crippen LogP contribution < -0.4 is 4.72 Å². The maximum Gasteiger partial charge on any atom is 0.0257 e. The molecule has 1 aromatic rings. The summed E-state index contributed by atoms with van der Waals surface area (Å²) in [5, 5.41) is 0. The summed E-state index contributed by atoms with van der Waals surface area (Å²) < 4.78 is 3.22. The van der Waals surface area contributed by atoms with E-state index in [0.717, 1.165) is 6.54 Å². The molecule has 1 nitrogen and oxygen atoms in total. The predicted molar refractivity (Wildman–Crippen MR) is 73.4 cm³/mol. The van der Waals surface area contributed by atoms with Crippen molar-refractivity contribution in [2.75, 3.05) is 6.54 Å². The van der Waals surface area contributed by atoms with Gasteiger partial charge in [0.25, 0.3) is 0 Å². The molecule has 2 heteroatoms. The third-order valence-corrected chi connectivity index (χ3v) is 2.53. The van der Waals surface area contributed by atoms with Crippen molar-refractivity contribution in [1.82, 2.24) is 4.72 Å². The Morgan fingerprint density at radius 2 is 1.60 bits per heavy atom. The van der Waals surface area contributed by atoms with E-state index in [-0.39, 0.29) is 0 Å². The molecule has 1 N–H and O–H groups in total. The zero-order valence-electron chi connectivity index (χ0n) is 10.9. The third-order valence-electron chi connectivity index (χ3n) is 1.42. The SMILES string of the molecule is CC.CC.CCNSc1ccccc1C. The largest absolute Gasteiger partial charge is 0.260 e. The van der Waals surface area contributed by atoms with E-state index in [1.165, 1.54) is 10.5 Å². The first-order valence-corrected chi connectivity index (χ1v) is 6.61. The second-order valence-electron chi connectivity index (χ2n) is 2.37. The second-order valence-corrected chi connectivity index (χ2v) is 3.30. The summed E-state index contributed by atoms with van der Waals surface area (Å²) in [5.74, 6) is 0. The van der Waals surface area contributed by atoms with Gasteiger partial charge in [-0.1, -0.05) is 52.8 Å². The van der Waals surface area contributed by atoms with Crippen molar-refractivity contribution < 1.29 is 0 Å². The molecule has 0 aliphatic heterocycles. The zero-order valence-corrected chi connectivity index (χ0v) is 11.7. The molecule has 15 heavy (non-hydrogen) atoms. The van der Waals surface area contributed by atoms with Crippen LogP contribution in [0, 0.1) is 6.92 Å². The molecule has 1 aromatic carbocycles. The molecular formula is C13H25NS. The van der Waals surface area contributed by atoms with Crippen LogP contribution in [0.5, 0.6) is 0 Å². The minimum atomic E-state index is 0.999. The molecule has 0 saturated heterocycles. The Hall–Kier alpha value is -0.470. The molecule has 0 fully saturated rings. The molecule has 0 atom stereocenters. The Bertz CT molecular complexity index is 224. The summed E-state index contributed by atoms with van der Waals surface area (Å²) >= 11 is 1.70. The fourth-order valence-corrected chi connectivity index (χ4v) is 1.50. The molecule has 0 heterocycles. The minimum absolute atomic E-state index is 0.999. The zero-order chi connectivity index (χ0) is 12.1. The Morgan fingerprint density at radius 1 is 1.07 bits per heavy atom. The van der Waals surface area contributed by atoms with Crippen molar-refractivity contribution in [1.29, 1.82) is 0 Å². The topological polar surface area (TPSA) is 12.0 Å². The first kappa shape index (κ1) is 16.9. The van der Waals surface area contributed by atoms with Gasteiger partial charge in [0.1, 0.15) is 0 Å². The first-order valence-electron chi connectivity index (χ1n) is 5.80. The maximum absolute atomic E-state index is 3.22. The summed E-state index contributed by atoms with van der Waals surface area (Å²) in [6.45, 7) is 13.2. The number of hydrogen-bond acceptors (Lipinski definition) is 2. The monoisotopic (exact) mass is 227 g/mol. The molecule has 0 amide bonds. The van der Waals surface area contributed by atoms with Crippen LogP contribution in [0.1, 0.15) is 40.2 Å². The van der Waals surface area contributed by atoms with E-state index in [0.29, 0.717) is 0 Å². The van der Waals surface area contributed by atoms with Gasteiger partial charge in [0.2, 0.25) is 0 Å². The Labute approximate surface area is 99.8 Å². The highest BCUT2D eigenvalue weighted by atomic mass is 32.2. The highest BCUT2D eigenvalue weighted by molar-refractivity contribution is 7.97. The van der Waals surface area contributed by atoms with Gasteiger partial charge in [0.15, 0.2) is 0 Å². The molecule has 0 aromatic heterocycles. The van der Waals surface area contributed by atoms with Gasteiger partial charge in [-0.15, -0.1) is 0 Å². The summed E-state index contributed by atoms with van der Waals surface area (Å²) in [4.78, 5) is 1.31. The highest BCUT2D eigenvalue weighted by Gasteiger charge is 1.94. The quantitative estimate of drug-likeness (QED) is 0.753. The Kier molecular flexibility index (Phi) is 15.3. The molecule has 0 bridgehead atoms. The van der Waals surface area contributed by atoms with Crippen molar-refractivity contribution in [3.8, 4) is 0 Å². The van der Waals surface area contributed by atoms with Gasteiger partial charge in [-0.2, -0.15) is 0 Å². The second kappa shape index (κ2) is 13.5. The number of nitrogens with one attached hydrogen (secondary N) is 1. The summed E-state index contributed by atoms with van der Waals surface area (Å²) in [7, 11) is 0. The fraction of sp³-hybridized carbons (Fsp3) is 0.538. The minimum Gasteiger partial charge on any atom is -0.260 e. The van der Waals surface area contributed by atoms with Gasteiger partial charge in [-0.25, -0.2) is 0 Å². The average Bonchev–Trinajstić information content (AvgIpc) is 2.33. The van der Waals surface area contributed by atoms with Crippen LogP contribution in [-0.2, 0) is 0 Å². The molecule has 0 aliphatic carbocycles. The lowest BCUT2D eigenvalue weighted by atomic mass is 10.2. The smallest absolute Gasteiger partial charge is 0.0257 e. The Balaban J connectivity index is 0.